The maximum absolute atomic E-state index is 13.8. The van der Waals surface area contributed by atoms with Crippen LogP contribution in [-0.2, 0) is 59.6 Å². The Morgan fingerprint density at radius 3 is 1.96 bits per heavy atom. The Kier molecular flexibility index (Phi) is 12.3. The maximum Gasteiger partial charge on any atom is 0.312 e. The third kappa shape index (κ3) is 8.90. The minimum Gasteiger partial charge on any atom is -0.481 e. The van der Waals surface area contributed by atoms with Gasteiger partial charge in [-0.25, -0.2) is 0 Å². The summed E-state index contributed by atoms with van der Waals surface area (Å²) >= 11 is 0. The number of hydrogen-bond acceptors (Lipinski definition) is 12. The molecule has 0 aromatic heterocycles. The fourth-order valence-corrected chi connectivity index (χ4v) is 8.57. The second kappa shape index (κ2) is 16.2. The summed E-state index contributed by atoms with van der Waals surface area (Å²) in [6.07, 6.45) is 2.11. The van der Waals surface area contributed by atoms with Crippen molar-refractivity contribution in [3.63, 3.8) is 0 Å². The van der Waals surface area contributed by atoms with Crippen LogP contribution in [0.15, 0.2) is 24.0 Å². The number of ether oxygens (including phenoxy) is 5. The molecule has 2 bridgehead atoms. The van der Waals surface area contributed by atoms with Gasteiger partial charge < -0.3 is 34.3 Å². The Labute approximate surface area is 329 Å². The molecule has 4 aliphatic rings. The zero-order chi connectivity index (χ0) is 41.4. The van der Waals surface area contributed by atoms with Crippen LogP contribution >= 0.6 is 0 Å². The van der Waals surface area contributed by atoms with Gasteiger partial charge in [-0.15, -0.1) is 0 Å². The van der Waals surface area contributed by atoms with Crippen LogP contribution in [0.2, 0.25) is 0 Å². The second-order valence-electron chi connectivity index (χ2n) is 17.8. The number of likely N-dealkylation sites (N-methyl/N-ethyl adjacent to an activating group) is 1. The number of carbonyl (C=O) groups is 6. The van der Waals surface area contributed by atoms with Gasteiger partial charge in [0.1, 0.15) is 28.3 Å². The molecule has 14 nitrogen and oxygen atoms in total. The summed E-state index contributed by atoms with van der Waals surface area (Å²) in [6.45, 7) is 16.5. The number of carbonyl (C=O) groups excluding carboxylic acids is 6. The van der Waals surface area contributed by atoms with E-state index in [4.69, 9.17) is 23.7 Å². The van der Waals surface area contributed by atoms with Gasteiger partial charge in [0.2, 0.25) is 11.8 Å². The van der Waals surface area contributed by atoms with Gasteiger partial charge in [-0.2, -0.15) is 0 Å². The minimum atomic E-state index is -1.06. The Bertz CT molecular complexity index is 1780. The lowest BCUT2D eigenvalue weighted by atomic mass is 9.50. The number of nitrogens with one attached hydrogen (secondary N) is 2. The molecular weight excluding hydrogens is 722 g/mol. The lowest BCUT2D eigenvalue weighted by Gasteiger charge is -2.62. The van der Waals surface area contributed by atoms with Gasteiger partial charge >= 0.3 is 23.9 Å². The molecule has 0 unspecified atom stereocenters. The van der Waals surface area contributed by atoms with Gasteiger partial charge in [0.05, 0.1) is 37.1 Å². The summed E-state index contributed by atoms with van der Waals surface area (Å²) in [7, 11) is 2.02. The zero-order valence-corrected chi connectivity index (χ0v) is 34.6. The number of hydrogen-bond donors (Lipinski definition) is 2. The third-order valence-corrected chi connectivity index (χ3v) is 11.0. The summed E-state index contributed by atoms with van der Waals surface area (Å²) < 4.78 is 30.1. The van der Waals surface area contributed by atoms with Gasteiger partial charge in [0.15, 0.2) is 6.10 Å². The summed E-state index contributed by atoms with van der Waals surface area (Å²) in [5, 5.41) is 5.48. The highest BCUT2D eigenvalue weighted by molar-refractivity contribution is 5.85. The van der Waals surface area contributed by atoms with Crippen molar-refractivity contribution in [2.75, 3.05) is 26.7 Å². The molecule has 2 heterocycles. The van der Waals surface area contributed by atoms with Crippen LogP contribution in [0.1, 0.15) is 111 Å². The number of benzene rings is 1. The molecule has 0 radical (unpaired) electrons. The molecule has 2 aliphatic carbocycles. The van der Waals surface area contributed by atoms with E-state index in [0.29, 0.717) is 30.9 Å². The molecule has 308 valence electrons. The Balaban J connectivity index is 1.28. The molecule has 2 N–H and O–H groups in total. The molecule has 0 saturated carbocycles. The van der Waals surface area contributed by atoms with E-state index in [-0.39, 0.29) is 63.0 Å². The van der Waals surface area contributed by atoms with Crippen LogP contribution in [0.3, 0.4) is 0 Å². The van der Waals surface area contributed by atoms with Gasteiger partial charge in [0, 0.05) is 36.9 Å². The summed E-state index contributed by atoms with van der Waals surface area (Å²) in [6, 6.07) is 3.91. The Morgan fingerprint density at radius 1 is 0.857 bits per heavy atom. The number of aryl methyl sites for hydroxylation is 1. The molecule has 1 aromatic carbocycles. The van der Waals surface area contributed by atoms with Crippen LogP contribution < -0.4 is 15.4 Å². The number of amides is 2. The average Bonchev–Trinajstić information content (AvgIpc) is 3.43. The Morgan fingerprint density at radius 2 is 1.41 bits per heavy atom. The molecular formula is C42H59N3O11. The zero-order valence-electron chi connectivity index (χ0n) is 34.6. The molecule has 1 fully saturated rings. The largest absolute Gasteiger partial charge is 0.481 e. The predicted octanol–water partition coefficient (Wildman–Crippen LogP) is 4.12. The van der Waals surface area contributed by atoms with Crippen LogP contribution in [0.5, 0.6) is 5.75 Å². The number of esters is 4. The summed E-state index contributed by atoms with van der Waals surface area (Å²) in [4.78, 5) is 79.3. The fourth-order valence-electron chi connectivity index (χ4n) is 8.57. The van der Waals surface area contributed by atoms with E-state index >= 15 is 0 Å². The predicted molar refractivity (Wildman–Crippen MR) is 204 cm³/mol. The number of piperidine rings is 1. The molecule has 14 heteroatoms. The molecule has 1 aromatic rings. The van der Waals surface area contributed by atoms with Crippen molar-refractivity contribution in [3.8, 4) is 5.75 Å². The van der Waals surface area contributed by atoms with Crippen molar-refractivity contribution in [2.24, 2.45) is 11.8 Å². The van der Waals surface area contributed by atoms with Crippen LogP contribution in [0.4, 0.5) is 0 Å². The molecule has 6 atom stereocenters. The van der Waals surface area contributed by atoms with Crippen molar-refractivity contribution >= 4 is 35.7 Å². The van der Waals surface area contributed by atoms with Crippen LogP contribution in [-0.4, -0.2) is 96.2 Å². The van der Waals surface area contributed by atoms with Crippen LogP contribution in [0, 0.1) is 18.8 Å². The van der Waals surface area contributed by atoms with Crippen molar-refractivity contribution in [2.45, 2.75) is 142 Å². The number of nitrogens with zero attached hydrogens (tertiary/aromatic N) is 1. The molecule has 2 aliphatic heterocycles. The first-order valence-corrected chi connectivity index (χ1v) is 19.7. The SMILES string of the molecule is Cc1ccc2c3c1O[C@H]1C(OC(=O)CCNC(=O)[C@@H](C)CC(=O)OC(C)(C)C)=CC[C@@]4(OC(=O)CCNC(=O)[C@@H](C)CC(=O)OC(C)(C)C)[C@@H](C2)N(C)CC[C@]314. The third-order valence-electron chi connectivity index (χ3n) is 11.0. The second-order valence-corrected chi connectivity index (χ2v) is 17.8. The van der Waals surface area contributed by atoms with E-state index in [1.165, 1.54) is 0 Å². The first-order chi connectivity index (χ1) is 26.1. The number of likely N-dealkylation sites (tertiary alicyclic amines) is 1. The standard InChI is InChI=1S/C42H59N3O11/c1-24-11-12-27-23-29-42(56-31(47)15-19-44-38(51)26(3)22-33(49)55-40(7,8)9)16-13-28(36-41(42,17-20-45(29)10)34(27)35(24)53-36)52-30(46)14-18-43-37(50)25(2)21-32(48)54-39(4,5)6/h11-13,25-26,29,36H,14-23H2,1-10H3,(H,43,50)(H,44,51)/t25-,26-,29+,36-,41-,42+/m0/s1. The molecule has 1 saturated heterocycles. The van der Waals surface area contributed by atoms with E-state index in [2.05, 4.69) is 21.6 Å². The van der Waals surface area contributed by atoms with Crippen LogP contribution in [0.25, 0.3) is 0 Å². The van der Waals surface area contributed by atoms with E-state index in [1.807, 2.05) is 20.0 Å². The van der Waals surface area contributed by atoms with E-state index < -0.39 is 64.0 Å². The smallest absolute Gasteiger partial charge is 0.312 e. The van der Waals surface area contributed by atoms with Gasteiger partial charge in [-0.3, -0.25) is 33.7 Å². The normalized spacial score (nSPS) is 24.6. The minimum absolute atomic E-state index is 0.00843. The van der Waals surface area contributed by atoms with Crippen molar-refractivity contribution in [3.05, 3.63) is 40.7 Å². The van der Waals surface area contributed by atoms with Gasteiger partial charge in [-0.05, 0) is 92.1 Å². The van der Waals surface area contributed by atoms with Gasteiger partial charge in [-0.1, -0.05) is 26.0 Å². The first kappa shape index (κ1) is 42.7. The quantitative estimate of drug-likeness (QED) is 0.205. The topological polar surface area (TPSA) is 176 Å². The molecule has 56 heavy (non-hydrogen) atoms. The summed E-state index contributed by atoms with van der Waals surface area (Å²) in [5.41, 5.74) is -0.234. The molecule has 1 spiro atoms. The fraction of sp³-hybridized carbons (Fsp3) is 0.667. The highest BCUT2D eigenvalue weighted by atomic mass is 16.6. The first-order valence-electron chi connectivity index (χ1n) is 19.7. The van der Waals surface area contributed by atoms with E-state index in [0.717, 1.165) is 16.7 Å². The molecule has 2 amide bonds. The number of rotatable bonds is 14. The van der Waals surface area contributed by atoms with E-state index in [1.54, 1.807) is 61.5 Å². The average molecular weight is 782 g/mol. The maximum atomic E-state index is 13.8. The highest BCUT2D eigenvalue weighted by Crippen LogP contribution is 2.65. The van der Waals surface area contributed by atoms with E-state index in [9.17, 15) is 28.8 Å². The highest BCUT2D eigenvalue weighted by Gasteiger charge is 2.74. The van der Waals surface area contributed by atoms with Crippen molar-refractivity contribution in [1.29, 1.82) is 0 Å². The van der Waals surface area contributed by atoms with Crippen molar-refractivity contribution in [1.82, 2.24) is 15.5 Å². The molecule has 5 rings (SSSR count). The van der Waals surface area contributed by atoms with Gasteiger partial charge in [0.25, 0.3) is 0 Å². The van der Waals surface area contributed by atoms with Crippen molar-refractivity contribution < 1.29 is 52.5 Å². The lowest BCUT2D eigenvalue weighted by molar-refractivity contribution is -0.206. The summed E-state index contributed by atoms with van der Waals surface area (Å²) in [5.74, 6) is -3.00. The monoisotopic (exact) mass is 781 g/mol. The Hall–Kier alpha value is -4.46. The lowest BCUT2D eigenvalue weighted by Crippen LogP contribution is -2.75.